The van der Waals surface area contributed by atoms with Crippen LogP contribution in [0.15, 0.2) is 176 Å². The van der Waals surface area contributed by atoms with E-state index >= 15 is 0 Å². The van der Waals surface area contributed by atoms with E-state index in [2.05, 4.69) is 336 Å². The maximum atomic E-state index is 5.77. The predicted octanol–water partition coefficient (Wildman–Crippen LogP) is 25.6. The highest BCUT2D eigenvalue weighted by Gasteiger charge is 2.39. The lowest BCUT2D eigenvalue weighted by Crippen LogP contribution is -2.56. The number of benzene rings is 6. The van der Waals surface area contributed by atoms with E-state index in [1.807, 2.05) is 48.9 Å². The molecule has 8 heterocycles. The summed E-state index contributed by atoms with van der Waals surface area (Å²) in [5.41, 5.74) is 18.9. The minimum absolute atomic E-state index is 0.0214. The number of rotatable bonds is 2. The first-order valence-corrected chi connectivity index (χ1v) is 41.6. The molecule has 4 fully saturated rings. The molecule has 0 radical (unpaired) electrons. The number of hydrogen-bond acceptors (Lipinski definition) is 7. The third-order valence-corrected chi connectivity index (χ3v) is 22.9. The van der Waals surface area contributed by atoms with Crippen molar-refractivity contribution in [3.05, 3.63) is 238 Å². The minimum atomic E-state index is -0.141. The number of allylic oxidation sites excluding steroid dienone is 1. The van der Waals surface area contributed by atoms with Gasteiger partial charge in [0.1, 0.15) is 5.75 Å². The van der Waals surface area contributed by atoms with E-state index in [9.17, 15) is 0 Å². The lowest BCUT2D eigenvalue weighted by molar-refractivity contribution is -0.163. The van der Waals surface area contributed by atoms with Gasteiger partial charge in [-0.05, 0) is 238 Å². The zero-order chi connectivity index (χ0) is 79.7. The Kier molecular flexibility index (Phi) is 30.8. The van der Waals surface area contributed by atoms with Gasteiger partial charge in [0.2, 0.25) is 6.29 Å². The standard InChI is InChI=1S/C13H15N.C13H19N.C13H18.C12H16O2.C12H14.C11H21N.C11H13N.C8H17N.C7H12N2/c1-13(2,3)12-6-4-5-10-9-14-8-7-11(10)12;1-13(2,3)14-9-8-11-6-4-5-7-12(11)10-14;1-13(2,3)12-8-10-6-4-5-7-11(10)9-12;1-12(2,3)11-13-8-9-6-4-5-7-10(9)14-11;1-9(2)11-7-6-10-4-3-5-12(10)8-11;1-11(2,3)12-8-9-4-6-10(12)7-5-9;1-8(2)9-4-3-5-11-10(9)6-7-12-11;1-8(2,3)7-5-4-6-9-7;1-7(2,3)6-4-5-8-9-6/h4-9H,1-3H3;4-7H,8-10H2,1-3H3;4-7,12H,8-9H2,1-3H3;4-7,11H,8H2,1-3H3;3,5-9H,4H2,1-2H3;9-10H,4-8H2,1-3H3;3-8,12H,1-2H3;7,9H,4-6H2,1-3H3;4-5H,1-3H3,(H,8,9). The van der Waals surface area contributed by atoms with Crippen LogP contribution in [0, 0.1) is 28.1 Å². The molecule has 1 saturated carbocycles. The highest BCUT2D eigenvalue weighted by atomic mass is 16.7. The highest BCUT2D eigenvalue weighted by molar-refractivity contribution is 5.86. The van der Waals surface area contributed by atoms with Crippen molar-refractivity contribution in [1.82, 2.24) is 35.3 Å². The van der Waals surface area contributed by atoms with Gasteiger partial charge in [-0.1, -0.05) is 259 Å². The Morgan fingerprint density at radius 3 is 1.71 bits per heavy atom. The minimum Gasteiger partial charge on any atom is -0.464 e. The number of nitrogens with one attached hydrogen (secondary N) is 3. The molecule has 109 heavy (non-hydrogen) atoms. The van der Waals surface area contributed by atoms with Crippen LogP contribution in [0.3, 0.4) is 0 Å². The van der Waals surface area contributed by atoms with Crippen LogP contribution >= 0.6 is 0 Å². The Bertz CT molecular complexity index is 4120. The fourth-order valence-corrected chi connectivity index (χ4v) is 15.7. The summed E-state index contributed by atoms with van der Waals surface area (Å²) < 4.78 is 11.4. The van der Waals surface area contributed by atoms with Gasteiger partial charge in [-0.2, -0.15) is 5.10 Å². The molecule has 9 nitrogen and oxygen atoms in total. The molecule has 3 aliphatic carbocycles. The Morgan fingerprint density at radius 1 is 0.541 bits per heavy atom. The second-order valence-corrected chi connectivity index (χ2v) is 39.6. The molecule has 2 unspecified atom stereocenters. The number of aromatic nitrogens is 4. The summed E-state index contributed by atoms with van der Waals surface area (Å²) in [7, 11) is 0. The van der Waals surface area contributed by atoms with Crippen LogP contribution in [-0.2, 0) is 54.4 Å². The number of aromatic amines is 2. The molecule has 9 heteroatoms. The van der Waals surface area contributed by atoms with Crippen LogP contribution < -0.4 is 10.1 Å². The molecule has 17 rings (SSSR count). The molecule has 6 aromatic carbocycles. The quantitative estimate of drug-likeness (QED) is 0.159. The number of hydrogen-bond donors (Lipinski definition) is 3. The Hall–Kier alpha value is -7.14. The van der Waals surface area contributed by atoms with Crippen molar-refractivity contribution in [2.45, 2.75) is 303 Å². The number of ether oxygens (including phenoxy) is 2. The first-order chi connectivity index (χ1) is 51.1. The van der Waals surface area contributed by atoms with E-state index in [1.165, 1.54) is 144 Å². The lowest BCUT2D eigenvalue weighted by Gasteiger charge is -2.51. The summed E-state index contributed by atoms with van der Waals surface area (Å²) in [5, 5.41) is 14.2. The van der Waals surface area contributed by atoms with Crippen molar-refractivity contribution in [2.24, 2.45) is 28.1 Å². The second kappa shape index (κ2) is 38.4. The van der Waals surface area contributed by atoms with Crippen molar-refractivity contribution in [3.63, 3.8) is 0 Å². The first-order valence-electron chi connectivity index (χ1n) is 41.6. The van der Waals surface area contributed by atoms with E-state index in [4.69, 9.17) is 9.47 Å². The van der Waals surface area contributed by atoms with Gasteiger partial charge >= 0.3 is 0 Å². The maximum absolute atomic E-state index is 5.77. The lowest BCUT2D eigenvalue weighted by atomic mass is 9.78. The molecule has 0 spiro atoms. The van der Waals surface area contributed by atoms with Gasteiger partial charge in [0.05, 0.1) is 6.61 Å². The van der Waals surface area contributed by atoms with Gasteiger partial charge in [-0.25, -0.2) is 0 Å². The Labute approximate surface area is 662 Å². The third-order valence-electron chi connectivity index (χ3n) is 22.9. The van der Waals surface area contributed by atoms with Crippen molar-refractivity contribution >= 4 is 27.8 Å². The van der Waals surface area contributed by atoms with Crippen molar-refractivity contribution in [1.29, 1.82) is 0 Å². The van der Waals surface area contributed by atoms with Crippen LogP contribution in [0.2, 0.25) is 0 Å². The largest absolute Gasteiger partial charge is 0.464 e. The van der Waals surface area contributed by atoms with Gasteiger partial charge in [-0.15, -0.1) is 0 Å². The van der Waals surface area contributed by atoms with Crippen LogP contribution in [0.4, 0.5) is 0 Å². The number of para-hydroxylation sites is 1. The normalized spacial score (nSPS) is 18.9. The van der Waals surface area contributed by atoms with E-state index in [1.54, 1.807) is 17.3 Å². The Balaban J connectivity index is 0.000000155. The molecule has 9 aromatic rings. The Morgan fingerprint density at radius 2 is 1.18 bits per heavy atom. The summed E-state index contributed by atoms with van der Waals surface area (Å²) in [4.78, 5) is 12.6. The van der Waals surface area contributed by atoms with Crippen LogP contribution in [0.25, 0.3) is 27.8 Å². The highest BCUT2D eigenvalue weighted by Crippen LogP contribution is 2.41. The summed E-state index contributed by atoms with van der Waals surface area (Å²) in [6.07, 6.45) is 25.4. The van der Waals surface area contributed by atoms with E-state index < -0.39 is 0 Å². The zero-order valence-corrected chi connectivity index (χ0v) is 72.6. The number of nitrogens with zero attached hydrogens (tertiary/aromatic N) is 4. The van der Waals surface area contributed by atoms with Gasteiger partial charge < -0.3 is 19.8 Å². The smallest absolute Gasteiger partial charge is 0.205 e. The van der Waals surface area contributed by atoms with Crippen LogP contribution in [0.5, 0.6) is 5.75 Å². The average molecular weight is 1480 g/mol. The molecule has 2 atom stereocenters. The van der Waals surface area contributed by atoms with Crippen molar-refractivity contribution in [2.75, 3.05) is 19.6 Å². The molecule has 3 N–H and O–H groups in total. The fraction of sp³-hybridized carbons (Fsp3) is 0.540. The SMILES string of the molecule is CC(C)(C)C1CCCN1.CC(C)(C)C1Cc2ccccc2C1.CC(C)(C)C1OCc2ccccc2O1.CC(C)(C)N1CC2CCC1CC2.CC(C)(C)N1CCc2ccccc2C1.CC(C)(C)c1cccc2cnccc12.CC(C)(C)c1ccn[nH]1.CC(C)c1ccc2c(c1)C=CC2.CC(C)c1cccc2[nH]ccc12. The molecule has 3 aromatic heterocycles. The van der Waals surface area contributed by atoms with E-state index in [0.717, 1.165) is 48.2 Å². The number of pyridine rings is 1. The molecule has 592 valence electrons. The topological polar surface area (TPSA) is 94.3 Å². The number of H-pyrrole nitrogens is 2. The number of piperidine rings is 2. The zero-order valence-electron chi connectivity index (χ0n) is 72.6. The fourth-order valence-electron chi connectivity index (χ4n) is 15.7. The van der Waals surface area contributed by atoms with E-state index in [-0.39, 0.29) is 22.5 Å². The maximum Gasteiger partial charge on any atom is 0.205 e. The molecule has 0 amide bonds. The first kappa shape index (κ1) is 87.4. The summed E-state index contributed by atoms with van der Waals surface area (Å²) in [6.45, 7) is 61.9. The third kappa shape index (κ3) is 26.2. The molecular formula is C100H145N7O2. The van der Waals surface area contributed by atoms with Gasteiger partial charge in [0.25, 0.3) is 0 Å². The molecular weight excluding hydrogens is 1330 g/mol. The van der Waals surface area contributed by atoms with Gasteiger partial charge in [0, 0.05) is 106 Å². The van der Waals surface area contributed by atoms with E-state index in [0.29, 0.717) is 40.4 Å². The molecule has 5 aliphatic heterocycles. The molecule has 8 aliphatic rings. The van der Waals surface area contributed by atoms with Gasteiger partial charge in [-0.3, -0.25) is 19.9 Å². The summed E-state index contributed by atoms with van der Waals surface area (Å²) >= 11 is 0. The summed E-state index contributed by atoms with van der Waals surface area (Å²) in [6, 6.07) is 53.2. The second-order valence-electron chi connectivity index (χ2n) is 39.6. The molecule has 3 saturated heterocycles. The van der Waals surface area contributed by atoms with Gasteiger partial charge in [0.15, 0.2) is 0 Å². The van der Waals surface area contributed by atoms with Crippen molar-refractivity contribution < 1.29 is 9.47 Å². The monoisotopic (exact) mass is 1480 g/mol. The average Bonchev–Trinajstić information content (AvgIpc) is 1.80. The van der Waals surface area contributed by atoms with Crippen LogP contribution in [-0.4, -0.2) is 79.1 Å². The van der Waals surface area contributed by atoms with Crippen molar-refractivity contribution in [3.8, 4) is 5.75 Å². The predicted molar refractivity (Wildman–Crippen MR) is 468 cm³/mol. The molecule has 2 bridgehead atoms. The summed E-state index contributed by atoms with van der Waals surface area (Å²) in [5.74, 6) is 4.06. The van der Waals surface area contributed by atoms with Crippen LogP contribution in [0.1, 0.15) is 285 Å². The number of fused-ring (bicyclic) bond motifs is 9.